The summed E-state index contributed by atoms with van der Waals surface area (Å²) in [6.07, 6.45) is 4.06. The van der Waals surface area contributed by atoms with Crippen molar-refractivity contribution in [3.8, 4) is 22.5 Å². The van der Waals surface area contributed by atoms with Gasteiger partial charge in [0.2, 0.25) is 6.41 Å². The SMILES string of the molecule is Cc1cccc(-c2nc3cccnn3c2-c2ccnc(N(C=O)c3ccc(Cl)c(Cl)c3)c2)c1. The highest BCUT2D eigenvalue weighted by Crippen LogP contribution is 2.35. The molecule has 162 valence electrons. The Morgan fingerprint density at radius 2 is 1.79 bits per heavy atom. The fourth-order valence-corrected chi connectivity index (χ4v) is 4.01. The molecule has 0 radical (unpaired) electrons. The van der Waals surface area contributed by atoms with Crippen molar-refractivity contribution < 1.29 is 4.79 Å². The number of benzene rings is 2. The molecule has 3 heterocycles. The van der Waals surface area contributed by atoms with Gasteiger partial charge in [-0.25, -0.2) is 14.5 Å². The van der Waals surface area contributed by atoms with Crippen LogP contribution in [-0.2, 0) is 4.79 Å². The van der Waals surface area contributed by atoms with Gasteiger partial charge in [-0.15, -0.1) is 0 Å². The van der Waals surface area contributed by atoms with Crippen molar-refractivity contribution in [2.45, 2.75) is 6.92 Å². The van der Waals surface area contributed by atoms with E-state index in [4.69, 9.17) is 28.2 Å². The number of nitrogens with zero attached hydrogens (tertiary/aromatic N) is 5. The summed E-state index contributed by atoms with van der Waals surface area (Å²) in [5.74, 6) is 0.432. The van der Waals surface area contributed by atoms with E-state index in [1.165, 1.54) is 4.90 Å². The number of halogens is 2. The lowest BCUT2D eigenvalue weighted by molar-refractivity contribution is -0.106. The van der Waals surface area contributed by atoms with Crippen molar-refractivity contribution in [3.05, 3.63) is 94.7 Å². The number of pyridine rings is 1. The lowest BCUT2D eigenvalue weighted by Crippen LogP contribution is -2.15. The van der Waals surface area contributed by atoms with Crippen LogP contribution < -0.4 is 4.90 Å². The van der Waals surface area contributed by atoms with Crippen LogP contribution in [0, 0.1) is 6.92 Å². The molecule has 0 unspecified atom stereocenters. The highest BCUT2D eigenvalue weighted by Gasteiger charge is 2.19. The lowest BCUT2D eigenvalue weighted by Gasteiger charge is -2.18. The van der Waals surface area contributed by atoms with E-state index in [-0.39, 0.29) is 0 Å². The summed E-state index contributed by atoms with van der Waals surface area (Å²) in [5.41, 5.74) is 5.80. The normalized spacial score (nSPS) is 11.0. The predicted octanol–water partition coefficient (Wildman–Crippen LogP) is 6.37. The van der Waals surface area contributed by atoms with Gasteiger partial charge in [-0.3, -0.25) is 9.69 Å². The maximum atomic E-state index is 12.0. The Balaban J connectivity index is 1.69. The molecule has 0 saturated heterocycles. The number of aromatic nitrogens is 4. The molecule has 5 rings (SSSR count). The average molecular weight is 474 g/mol. The molecule has 0 N–H and O–H groups in total. The predicted molar refractivity (Wildman–Crippen MR) is 131 cm³/mol. The largest absolute Gasteiger partial charge is 0.278 e. The van der Waals surface area contributed by atoms with E-state index in [0.29, 0.717) is 28.0 Å². The van der Waals surface area contributed by atoms with E-state index in [1.807, 2.05) is 49.4 Å². The van der Waals surface area contributed by atoms with Crippen LogP contribution in [0.2, 0.25) is 10.0 Å². The molecular weight excluding hydrogens is 457 g/mol. The Kier molecular flexibility index (Phi) is 5.54. The van der Waals surface area contributed by atoms with E-state index in [2.05, 4.69) is 16.1 Å². The summed E-state index contributed by atoms with van der Waals surface area (Å²) in [6.45, 7) is 2.04. The number of carbonyl (C=O) groups excluding carboxylic acids is 1. The van der Waals surface area contributed by atoms with Crippen LogP contribution in [0.4, 0.5) is 11.5 Å². The molecule has 6 nitrogen and oxygen atoms in total. The summed E-state index contributed by atoms with van der Waals surface area (Å²) in [4.78, 5) is 22.7. The summed E-state index contributed by atoms with van der Waals surface area (Å²) < 4.78 is 1.79. The number of aryl methyl sites for hydroxylation is 1. The maximum absolute atomic E-state index is 12.0. The van der Waals surface area contributed by atoms with Gasteiger partial charge in [-0.05, 0) is 55.5 Å². The first kappa shape index (κ1) is 21.1. The Morgan fingerprint density at radius 1 is 0.909 bits per heavy atom. The second kappa shape index (κ2) is 8.65. The molecule has 0 atom stereocenters. The molecule has 0 aliphatic carbocycles. The van der Waals surface area contributed by atoms with Crippen LogP contribution in [0.1, 0.15) is 5.56 Å². The summed E-state index contributed by atoms with van der Waals surface area (Å²) in [5, 5.41) is 5.28. The number of imidazole rings is 1. The third kappa shape index (κ3) is 3.95. The number of rotatable bonds is 5. The molecule has 0 aliphatic heterocycles. The van der Waals surface area contributed by atoms with Crippen molar-refractivity contribution >= 4 is 46.8 Å². The molecule has 0 fully saturated rings. The number of hydrogen-bond acceptors (Lipinski definition) is 4. The van der Waals surface area contributed by atoms with Crippen molar-refractivity contribution in [2.24, 2.45) is 0 Å². The molecule has 2 aromatic carbocycles. The first-order valence-electron chi connectivity index (χ1n) is 10.1. The van der Waals surface area contributed by atoms with Gasteiger partial charge in [0.1, 0.15) is 11.5 Å². The van der Waals surface area contributed by atoms with Gasteiger partial charge in [0.25, 0.3) is 0 Å². The number of hydrogen-bond donors (Lipinski definition) is 0. The third-order valence-corrected chi connectivity index (χ3v) is 5.98. The van der Waals surface area contributed by atoms with Gasteiger partial charge in [0.15, 0.2) is 5.65 Å². The first-order valence-corrected chi connectivity index (χ1v) is 10.9. The van der Waals surface area contributed by atoms with Gasteiger partial charge in [-0.2, -0.15) is 5.10 Å². The van der Waals surface area contributed by atoms with Crippen LogP contribution in [0.15, 0.2) is 79.1 Å². The van der Waals surface area contributed by atoms with Gasteiger partial charge >= 0.3 is 0 Å². The van der Waals surface area contributed by atoms with Crippen molar-refractivity contribution in [3.63, 3.8) is 0 Å². The molecule has 0 bridgehead atoms. The second-order valence-electron chi connectivity index (χ2n) is 7.45. The molecule has 5 aromatic rings. The lowest BCUT2D eigenvalue weighted by atomic mass is 10.0. The Labute approximate surface area is 200 Å². The van der Waals surface area contributed by atoms with Crippen LogP contribution in [0.3, 0.4) is 0 Å². The zero-order valence-electron chi connectivity index (χ0n) is 17.5. The van der Waals surface area contributed by atoms with Crippen molar-refractivity contribution in [1.82, 2.24) is 19.6 Å². The minimum Gasteiger partial charge on any atom is -0.278 e. The number of anilines is 2. The molecule has 1 amide bonds. The zero-order chi connectivity index (χ0) is 22.9. The smallest absolute Gasteiger partial charge is 0.219 e. The monoisotopic (exact) mass is 473 g/mol. The first-order chi connectivity index (χ1) is 16.0. The standard InChI is InChI=1S/C25H17Cl2N5O/c1-16-4-2-5-17(12-16)24-25(32-22(30-24)6-3-10-29-32)18-9-11-28-23(13-18)31(15-33)19-7-8-20(26)21(27)14-19/h2-15H,1H3. The quantitative estimate of drug-likeness (QED) is 0.278. The van der Waals surface area contributed by atoms with E-state index >= 15 is 0 Å². The van der Waals surface area contributed by atoms with Gasteiger partial charge < -0.3 is 0 Å². The average Bonchev–Trinajstić information content (AvgIpc) is 3.22. The van der Waals surface area contributed by atoms with Crippen LogP contribution in [-0.4, -0.2) is 26.0 Å². The highest BCUT2D eigenvalue weighted by molar-refractivity contribution is 6.42. The maximum Gasteiger partial charge on any atom is 0.219 e. The minimum atomic E-state index is 0.352. The zero-order valence-corrected chi connectivity index (χ0v) is 19.0. The van der Waals surface area contributed by atoms with E-state index in [0.717, 1.165) is 33.7 Å². The summed E-state index contributed by atoms with van der Waals surface area (Å²) in [7, 11) is 0. The van der Waals surface area contributed by atoms with Crippen LogP contribution >= 0.6 is 23.2 Å². The Bertz CT molecular complexity index is 1500. The molecule has 0 saturated carbocycles. The number of carbonyl (C=O) groups is 1. The van der Waals surface area contributed by atoms with Crippen LogP contribution in [0.25, 0.3) is 28.2 Å². The van der Waals surface area contributed by atoms with E-state index < -0.39 is 0 Å². The summed E-state index contributed by atoms with van der Waals surface area (Å²) in [6, 6.07) is 20.6. The van der Waals surface area contributed by atoms with Crippen molar-refractivity contribution in [2.75, 3.05) is 4.90 Å². The molecular formula is C25H17Cl2N5O. The van der Waals surface area contributed by atoms with E-state index in [9.17, 15) is 4.79 Å². The topological polar surface area (TPSA) is 63.4 Å². The minimum absolute atomic E-state index is 0.352. The molecule has 8 heteroatoms. The highest BCUT2D eigenvalue weighted by atomic mass is 35.5. The van der Waals surface area contributed by atoms with Gasteiger partial charge in [0.05, 0.1) is 21.4 Å². The van der Waals surface area contributed by atoms with Gasteiger partial charge in [-0.1, -0.05) is 47.0 Å². The number of fused-ring (bicyclic) bond motifs is 1. The fourth-order valence-electron chi connectivity index (χ4n) is 3.72. The Morgan fingerprint density at radius 3 is 2.58 bits per heavy atom. The third-order valence-electron chi connectivity index (χ3n) is 5.24. The number of amides is 1. The molecule has 3 aromatic heterocycles. The Hall–Kier alpha value is -3.74. The molecule has 0 spiro atoms. The van der Waals surface area contributed by atoms with E-state index in [1.54, 1.807) is 35.1 Å². The molecule has 0 aliphatic rings. The summed E-state index contributed by atoms with van der Waals surface area (Å²) >= 11 is 12.2. The molecule has 33 heavy (non-hydrogen) atoms. The van der Waals surface area contributed by atoms with Crippen LogP contribution in [0.5, 0.6) is 0 Å². The fraction of sp³-hybridized carbons (Fsp3) is 0.0400. The van der Waals surface area contributed by atoms with Gasteiger partial charge in [0, 0.05) is 23.5 Å². The van der Waals surface area contributed by atoms with Crippen molar-refractivity contribution in [1.29, 1.82) is 0 Å². The second-order valence-corrected chi connectivity index (χ2v) is 8.26.